The molecule has 1 fully saturated rings. The number of nitrogens with zero attached hydrogens (tertiary/aromatic N) is 2. The van der Waals surface area contributed by atoms with E-state index in [1.165, 1.54) is 12.1 Å². The molecule has 0 N–H and O–H groups in total. The monoisotopic (exact) mass is 408 g/mol. The second-order valence-electron chi connectivity index (χ2n) is 7.62. The molecule has 0 spiro atoms. The molecule has 6 heteroatoms. The number of aromatic nitrogens is 2. The molecule has 1 saturated carbocycles. The molecule has 0 bridgehead atoms. The third-order valence-electron chi connectivity index (χ3n) is 5.79. The van der Waals surface area contributed by atoms with Gasteiger partial charge in [-0.1, -0.05) is 6.07 Å². The van der Waals surface area contributed by atoms with E-state index >= 15 is 0 Å². The minimum Gasteiger partial charge on any atom is -0.496 e. The summed E-state index contributed by atoms with van der Waals surface area (Å²) in [5.41, 5.74) is 2.86. The molecule has 30 heavy (non-hydrogen) atoms. The van der Waals surface area contributed by atoms with Crippen LogP contribution in [-0.4, -0.2) is 29.7 Å². The Labute approximate surface area is 175 Å². The first-order valence-corrected chi connectivity index (χ1v) is 10.4. The summed E-state index contributed by atoms with van der Waals surface area (Å²) in [5.74, 6) is 0.303. The van der Waals surface area contributed by atoms with Gasteiger partial charge in [-0.15, -0.1) is 0 Å². The third-order valence-corrected chi connectivity index (χ3v) is 5.79. The molecule has 0 atom stereocenters. The van der Waals surface area contributed by atoms with Crippen molar-refractivity contribution in [1.29, 1.82) is 0 Å². The minimum atomic E-state index is -0.350. The number of ether oxygens (including phenoxy) is 2. The standard InChI is InChI=1S/C24H25FN2O3/c1-3-30-24(28)16-8-6-15(7-9-16)20-13-17-5-4-12-26-22(17)23(27-20)19-14-18(25)10-11-21(19)29-2/h4-5,10-16H,3,6-9H2,1-2H3. The van der Waals surface area contributed by atoms with Gasteiger partial charge in [0.05, 0.1) is 25.2 Å². The molecule has 4 rings (SSSR count). The van der Waals surface area contributed by atoms with Crippen LogP contribution in [0.2, 0.25) is 0 Å². The third kappa shape index (κ3) is 3.99. The fourth-order valence-corrected chi connectivity index (χ4v) is 4.25. The van der Waals surface area contributed by atoms with Crippen LogP contribution in [0, 0.1) is 11.7 Å². The number of fused-ring (bicyclic) bond motifs is 1. The zero-order valence-corrected chi connectivity index (χ0v) is 17.2. The summed E-state index contributed by atoms with van der Waals surface area (Å²) < 4.78 is 24.7. The first-order valence-electron chi connectivity index (χ1n) is 10.4. The normalized spacial score (nSPS) is 18.9. The lowest BCUT2D eigenvalue weighted by Gasteiger charge is -2.27. The molecule has 2 heterocycles. The summed E-state index contributed by atoms with van der Waals surface area (Å²) in [5, 5.41) is 0.955. The van der Waals surface area contributed by atoms with E-state index in [0.717, 1.165) is 36.8 Å². The predicted octanol–water partition coefficient (Wildman–Crippen LogP) is 5.28. The lowest BCUT2D eigenvalue weighted by molar-refractivity contribution is -0.149. The number of hydrogen-bond acceptors (Lipinski definition) is 5. The van der Waals surface area contributed by atoms with Gasteiger partial charge in [0, 0.05) is 28.8 Å². The van der Waals surface area contributed by atoms with E-state index in [1.807, 2.05) is 19.1 Å². The lowest BCUT2D eigenvalue weighted by Crippen LogP contribution is -2.23. The van der Waals surface area contributed by atoms with Gasteiger partial charge in [-0.3, -0.25) is 14.8 Å². The van der Waals surface area contributed by atoms with Crippen LogP contribution in [0.4, 0.5) is 4.39 Å². The van der Waals surface area contributed by atoms with Crippen molar-refractivity contribution in [2.24, 2.45) is 5.92 Å². The number of methoxy groups -OCH3 is 1. The maximum absolute atomic E-state index is 14.1. The van der Waals surface area contributed by atoms with Crippen LogP contribution < -0.4 is 4.74 Å². The highest BCUT2D eigenvalue weighted by Crippen LogP contribution is 2.39. The first kappa shape index (κ1) is 20.3. The Morgan fingerprint density at radius 1 is 1.17 bits per heavy atom. The van der Waals surface area contributed by atoms with Crippen molar-refractivity contribution < 1.29 is 18.7 Å². The van der Waals surface area contributed by atoms with Crippen LogP contribution in [0.25, 0.3) is 22.2 Å². The van der Waals surface area contributed by atoms with Gasteiger partial charge in [0.25, 0.3) is 0 Å². The smallest absolute Gasteiger partial charge is 0.308 e. The molecule has 1 aromatic carbocycles. The van der Waals surface area contributed by atoms with Crippen LogP contribution in [0.1, 0.15) is 44.2 Å². The molecule has 1 aliphatic rings. The van der Waals surface area contributed by atoms with E-state index in [0.29, 0.717) is 29.1 Å². The molecule has 5 nitrogen and oxygen atoms in total. The highest BCUT2D eigenvalue weighted by molar-refractivity contribution is 5.93. The SMILES string of the molecule is CCOC(=O)C1CCC(c2cc3cccnc3c(-c3cc(F)ccc3OC)n2)CC1. The topological polar surface area (TPSA) is 61.3 Å². The molecule has 0 radical (unpaired) electrons. The largest absolute Gasteiger partial charge is 0.496 e. The molecular weight excluding hydrogens is 383 g/mol. The minimum absolute atomic E-state index is 0.0360. The van der Waals surface area contributed by atoms with Gasteiger partial charge >= 0.3 is 5.97 Å². The van der Waals surface area contributed by atoms with E-state index in [4.69, 9.17) is 14.5 Å². The lowest BCUT2D eigenvalue weighted by atomic mass is 9.80. The quantitative estimate of drug-likeness (QED) is 0.538. The maximum atomic E-state index is 14.1. The van der Waals surface area contributed by atoms with Crippen molar-refractivity contribution in [1.82, 2.24) is 9.97 Å². The van der Waals surface area contributed by atoms with Gasteiger partial charge in [-0.2, -0.15) is 0 Å². The Hall–Kier alpha value is -3.02. The summed E-state index contributed by atoms with van der Waals surface area (Å²) in [6.07, 6.45) is 5.01. The van der Waals surface area contributed by atoms with E-state index < -0.39 is 0 Å². The first-order chi connectivity index (χ1) is 14.6. The number of carbonyl (C=O) groups excluding carboxylic acids is 1. The fraction of sp³-hybridized carbons (Fsp3) is 0.375. The number of rotatable bonds is 5. The van der Waals surface area contributed by atoms with Crippen LogP contribution in [0.3, 0.4) is 0 Å². The van der Waals surface area contributed by atoms with E-state index in [1.54, 1.807) is 19.4 Å². The molecule has 3 aromatic rings. The summed E-state index contributed by atoms with van der Waals surface area (Å²) in [6, 6.07) is 10.4. The molecule has 0 saturated heterocycles. The molecule has 0 amide bonds. The molecule has 2 aromatic heterocycles. The molecule has 156 valence electrons. The van der Waals surface area contributed by atoms with Crippen molar-refractivity contribution in [3.05, 3.63) is 54.1 Å². The van der Waals surface area contributed by atoms with Crippen LogP contribution >= 0.6 is 0 Å². The Kier molecular flexibility index (Phi) is 5.93. The van der Waals surface area contributed by atoms with Gasteiger partial charge in [0.2, 0.25) is 0 Å². The zero-order valence-electron chi connectivity index (χ0n) is 17.2. The number of carbonyl (C=O) groups is 1. The summed E-state index contributed by atoms with van der Waals surface area (Å²) in [7, 11) is 1.56. The van der Waals surface area contributed by atoms with E-state index in [-0.39, 0.29) is 23.6 Å². The average molecular weight is 408 g/mol. The van der Waals surface area contributed by atoms with Gasteiger partial charge in [-0.05, 0) is 62.9 Å². The second-order valence-corrected chi connectivity index (χ2v) is 7.62. The summed E-state index contributed by atoms with van der Waals surface area (Å²) in [4.78, 5) is 21.5. The highest BCUT2D eigenvalue weighted by Gasteiger charge is 2.29. The highest BCUT2D eigenvalue weighted by atomic mass is 19.1. The summed E-state index contributed by atoms with van der Waals surface area (Å²) >= 11 is 0. The van der Waals surface area contributed by atoms with Crippen molar-refractivity contribution in [3.63, 3.8) is 0 Å². The van der Waals surface area contributed by atoms with Crippen LogP contribution in [0.15, 0.2) is 42.6 Å². The average Bonchev–Trinajstić information content (AvgIpc) is 2.78. The predicted molar refractivity (Wildman–Crippen MR) is 113 cm³/mol. The number of hydrogen-bond donors (Lipinski definition) is 0. The second kappa shape index (κ2) is 8.78. The molecule has 1 aliphatic carbocycles. The van der Waals surface area contributed by atoms with Crippen molar-refractivity contribution in [2.45, 2.75) is 38.5 Å². The maximum Gasteiger partial charge on any atom is 0.308 e. The van der Waals surface area contributed by atoms with Crippen LogP contribution in [0.5, 0.6) is 5.75 Å². The van der Waals surface area contributed by atoms with Crippen LogP contribution in [-0.2, 0) is 9.53 Å². The van der Waals surface area contributed by atoms with E-state index in [9.17, 15) is 9.18 Å². The van der Waals surface area contributed by atoms with E-state index in [2.05, 4.69) is 11.1 Å². The Morgan fingerprint density at radius 2 is 1.97 bits per heavy atom. The molecular formula is C24H25FN2O3. The van der Waals surface area contributed by atoms with Crippen molar-refractivity contribution >= 4 is 16.9 Å². The number of benzene rings is 1. The Bertz CT molecular complexity index is 1060. The van der Waals surface area contributed by atoms with Gasteiger partial charge < -0.3 is 9.47 Å². The van der Waals surface area contributed by atoms with Crippen molar-refractivity contribution in [2.75, 3.05) is 13.7 Å². The fourth-order valence-electron chi connectivity index (χ4n) is 4.25. The van der Waals surface area contributed by atoms with Gasteiger partial charge in [-0.25, -0.2) is 4.39 Å². The van der Waals surface area contributed by atoms with Gasteiger partial charge in [0.15, 0.2) is 0 Å². The Balaban J connectivity index is 1.72. The number of pyridine rings is 2. The van der Waals surface area contributed by atoms with Gasteiger partial charge in [0.1, 0.15) is 17.3 Å². The summed E-state index contributed by atoms with van der Waals surface area (Å²) in [6.45, 7) is 2.25. The number of halogens is 1. The zero-order chi connectivity index (χ0) is 21.1. The number of esters is 1. The molecule has 0 aliphatic heterocycles. The Morgan fingerprint density at radius 3 is 2.70 bits per heavy atom. The van der Waals surface area contributed by atoms with Crippen molar-refractivity contribution in [3.8, 4) is 17.0 Å². The molecule has 0 unspecified atom stereocenters.